The summed E-state index contributed by atoms with van der Waals surface area (Å²) in [5, 5.41) is 0. The van der Waals surface area contributed by atoms with Crippen molar-refractivity contribution in [3.63, 3.8) is 0 Å². The predicted octanol–water partition coefficient (Wildman–Crippen LogP) is 3.33. The molecule has 4 nitrogen and oxygen atoms in total. The highest BCUT2D eigenvalue weighted by Crippen LogP contribution is 2.30. The molecule has 2 aromatic rings. The Balaban J connectivity index is 2.31. The molecule has 0 aliphatic heterocycles. The van der Waals surface area contributed by atoms with Crippen LogP contribution in [0.2, 0.25) is 0 Å². The van der Waals surface area contributed by atoms with Crippen LogP contribution >= 0.6 is 0 Å². The second-order valence-corrected chi connectivity index (χ2v) is 5.84. The van der Waals surface area contributed by atoms with Crippen molar-refractivity contribution in [2.24, 2.45) is 5.73 Å². The zero-order valence-electron chi connectivity index (χ0n) is 12.5. The van der Waals surface area contributed by atoms with Gasteiger partial charge in [-0.15, -0.1) is 0 Å². The minimum absolute atomic E-state index is 0.123. The number of ether oxygens (including phenoxy) is 1. The highest BCUT2D eigenvalue weighted by atomic mass is 16.5. The van der Waals surface area contributed by atoms with E-state index in [1.807, 2.05) is 13.0 Å². The molecule has 0 spiro atoms. The molecule has 0 unspecified atom stereocenters. The van der Waals surface area contributed by atoms with Crippen molar-refractivity contribution in [3.8, 4) is 11.6 Å². The Morgan fingerprint density at radius 2 is 1.85 bits per heavy atom. The van der Waals surface area contributed by atoms with Gasteiger partial charge >= 0.3 is 0 Å². The van der Waals surface area contributed by atoms with Crippen molar-refractivity contribution in [1.82, 2.24) is 9.97 Å². The first-order chi connectivity index (χ1) is 9.41. The van der Waals surface area contributed by atoms with E-state index in [0.29, 0.717) is 18.1 Å². The summed E-state index contributed by atoms with van der Waals surface area (Å²) in [7, 11) is 0. The molecule has 0 aliphatic rings. The van der Waals surface area contributed by atoms with Crippen LogP contribution in [0.1, 0.15) is 37.6 Å². The summed E-state index contributed by atoms with van der Waals surface area (Å²) >= 11 is 0. The topological polar surface area (TPSA) is 61.0 Å². The van der Waals surface area contributed by atoms with Crippen molar-refractivity contribution in [1.29, 1.82) is 0 Å². The van der Waals surface area contributed by atoms with Gasteiger partial charge in [0.2, 0.25) is 5.88 Å². The van der Waals surface area contributed by atoms with Crippen molar-refractivity contribution in [2.45, 2.75) is 39.7 Å². The van der Waals surface area contributed by atoms with Gasteiger partial charge in [-0.1, -0.05) is 32.9 Å². The molecule has 1 aromatic carbocycles. The van der Waals surface area contributed by atoms with Gasteiger partial charge in [0.1, 0.15) is 11.4 Å². The van der Waals surface area contributed by atoms with E-state index in [2.05, 4.69) is 42.9 Å². The monoisotopic (exact) mass is 271 g/mol. The number of aromatic nitrogens is 2. The molecule has 0 atom stereocenters. The lowest BCUT2D eigenvalue weighted by atomic mass is 9.86. The quantitative estimate of drug-likeness (QED) is 0.930. The van der Waals surface area contributed by atoms with Crippen LogP contribution < -0.4 is 10.5 Å². The first kappa shape index (κ1) is 14.5. The third kappa shape index (κ3) is 3.14. The average molecular weight is 271 g/mol. The molecule has 2 N–H and O–H groups in total. The predicted molar refractivity (Wildman–Crippen MR) is 79.9 cm³/mol. The number of nitrogens with zero attached hydrogens (tertiary/aromatic N) is 2. The summed E-state index contributed by atoms with van der Waals surface area (Å²) in [6, 6.07) is 6.21. The van der Waals surface area contributed by atoms with Gasteiger partial charge in [0.05, 0.1) is 0 Å². The van der Waals surface area contributed by atoms with Crippen LogP contribution in [-0.2, 0) is 12.0 Å². The fourth-order valence-corrected chi connectivity index (χ4v) is 1.91. The minimum Gasteiger partial charge on any atom is -0.437 e. The standard InChI is InChI=1S/C16H21N3O/c1-11-9-12(16(2,3)4)5-6-14(11)20-15-13(10-17)18-7-8-19-15/h5-9H,10,17H2,1-4H3. The number of rotatable bonds is 3. The summed E-state index contributed by atoms with van der Waals surface area (Å²) < 4.78 is 5.85. The molecule has 0 saturated carbocycles. The molecule has 0 bridgehead atoms. The average Bonchev–Trinajstić information content (AvgIpc) is 2.40. The fourth-order valence-electron chi connectivity index (χ4n) is 1.91. The SMILES string of the molecule is Cc1cc(C(C)(C)C)ccc1Oc1nccnc1CN. The van der Waals surface area contributed by atoms with Crippen LogP contribution in [0.15, 0.2) is 30.6 Å². The maximum atomic E-state index is 5.85. The fraction of sp³-hybridized carbons (Fsp3) is 0.375. The number of benzene rings is 1. The Labute approximate surface area is 120 Å². The number of hydrogen-bond acceptors (Lipinski definition) is 4. The zero-order chi connectivity index (χ0) is 14.8. The first-order valence-electron chi connectivity index (χ1n) is 6.71. The van der Waals surface area contributed by atoms with Gasteiger partial charge in [0, 0.05) is 18.9 Å². The maximum Gasteiger partial charge on any atom is 0.242 e. The molecule has 0 aliphatic carbocycles. The van der Waals surface area contributed by atoms with Gasteiger partial charge < -0.3 is 10.5 Å². The summed E-state index contributed by atoms with van der Waals surface area (Å²) in [6.07, 6.45) is 3.22. The van der Waals surface area contributed by atoms with Crippen molar-refractivity contribution in [2.75, 3.05) is 0 Å². The molecule has 0 fully saturated rings. The molecular formula is C16H21N3O. The number of aryl methyl sites for hydroxylation is 1. The summed E-state index contributed by atoms with van der Waals surface area (Å²) in [5.41, 5.74) is 8.78. The first-order valence-corrected chi connectivity index (χ1v) is 6.71. The normalized spacial score (nSPS) is 11.4. The molecule has 0 saturated heterocycles. The van der Waals surface area contributed by atoms with Crippen molar-refractivity contribution < 1.29 is 4.74 Å². The second kappa shape index (κ2) is 5.59. The van der Waals surface area contributed by atoms with Crippen molar-refractivity contribution in [3.05, 3.63) is 47.4 Å². The van der Waals surface area contributed by atoms with Crippen LogP contribution in [0, 0.1) is 6.92 Å². The molecule has 106 valence electrons. The number of nitrogens with two attached hydrogens (primary N) is 1. The molecule has 0 radical (unpaired) electrons. The zero-order valence-corrected chi connectivity index (χ0v) is 12.5. The van der Waals surface area contributed by atoms with Crippen molar-refractivity contribution >= 4 is 0 Å². The van der Waals surface area contributed by atoms with E-state index in [4.69, 9.17) is 10.5 Å². The largest absolute Gasteiger partial charge is 0.437 e. The summed E-state index contributed by atoms with van der Waals surface area (Å²) in [4.78, 5) is 8.36. The van der Waals surface area contributed by atoms with E-state index in [1.54, 1.807) is 12.4 Å². The second-order valence-electron chi connectivity index (χ2n) is 5.84. The van der Waals surface area contributed by atoms with Crippen LogP contribution in [0.3, 0.4) is 0 Å². The highest BCUT2D eigenvalue weighted by molar-refractivity contribution is 5.41. The van der Waals surface area contributed by atoms with Crippen LogP contribution in [0.25, 0.3) is 0 Å². The van der Waals surface area contributed by atoms with E-state index in [1.165, 1.54) is 5.56 Å². The Morgan fingerprint density at radius 1 is 1.15 bits per heavy atom. The van der Waals surface area contributed by atoms with Gasteiger partial charge in [-0.2, -0.15) is 0 Å². The number of hydrogen-bond donors (Lipinski definition) is 1. The van der Waals surface area contributed by atoms with Crippen LogP contribution in [-0.4, -0.2) is 9.97 Å². The lowest BCUT2D eigenvalue weighted by Crippen LogP contribution is -2.11. The van der Waals surface area contributed by atoms with Gasteiger partial charge in [0.15, 0.2) is 0 Å². The van der Waals surface area contributed by atoms with Gasteiger partial charge in [0.25, 0.3) is 0 Å². The molecule has 4 heteroatoms. The lowest BCUT2D eigenvalue weighted by Gasteiger charge is -2.20. The molecule has 1 aromatic heterocycles. The van der Waals surface area contributed by atoms with Crippen LogP contribution in [0.4, 0.5) is 0 Å². The Kier molecular flexibility index (Phi) is 4.04. The Bertz CT molecular complexity index is 603. The summed E-state index contributed by atoms with van der Waals surface area (Å²) in [5.74, 6) is 1.26. The molecule has 20 heavy (non-hydrogen) atoms. The van der Waals surface area contributed by atoms with E-state index < -0.39 is 0 Å². The molecular weight excluding hydrogens is 250 g/mol. The third-order valence-corrected chi connectivity index (χ3v) is 3.18. The van der Waals surface area contributed by atoms with E-state index >= 15 is 0 Å². The lowest BCUT2D eigenvalue weighted by molar-refractivity contribution is 0.448. The third-order valence-electron chi connectivity index (χ3n) is 3.18. The van der Waals surface area contributed by atoms with Gasteiger partial charge in [-0.25, -0.2) is 4.98 Å². The summed E-state index contributed by atoms with van der Waals surface area (Å²) in [6.45, 7) is 8.91. The van der Waals surface area contributed by atoms with Gasteiger partial charge in [-0.05, 0) is 29.5 Å². The van der Waals surface area contributed by atoms with E-state index in [9.17, 15) is 0 Å². The van der Waals surface area contributed by atoms with E-state index in [-0.39, 0.29) is 5.41 Å². The molecule has 0 amide bonds. The Morgan fingerprint density at radius 3 is 2.45 bits per heavy atom. The molecule has 1 heterocycles. The maximum absolute atomic E-state index is 5.85. The molecule has 2 rings (SSSR count). The Hall–Kier alpha value is -1.94. The van der Waals surface area contributed by atoms with Crippen LogP contribution in [0.5, 0.6) is 11.6 Å². The van der Waals surface area contributed by atoms with Gasteiger partial charge in [-0.3, -0.25) is 4.98 Å². The van der Waals surface area contributed by atoms with E-state index in [0.717, 1.165) is 11.3 Å². The smallest absolute Gasteiger partial charge is 0.242 e. The highest BCUT2D eigenvalue weighted by Gasteiger charge is 2.15. The minimum atomic E-state index is 0.123.